The lowest BCUT2D eigenvalue weighted by atomic mass is 10.1. The van der Waals surface area contributed by atoms with Gasteiger partial charge in [0.25, 0.3) is 10.0 Å². The van der Waals surface area contributed by atoms with Gasteiger partial charge in [0.1, 0.15) is 30.0 Å². The van der Waals surface area contributed by atoms with E-state index in [1.165, 1.54) is 79.6 Å². The van der Waals surface area contributed by atoms with Crippen LogP contribution >= 0.6 is 0 Å². The molecule has 8 nitrogen and oxygen atoms in total. The average molecular weight is 560 g/mol. The predicted molar refractivity (Wildman–Crippen MR) is 144 cm³/mol. The zero-order valence-electron chi connectivity index (χ0n) is 21.9. The number of ether oxygens (including phenoxy) is 1. The summed E-state index contributed by atoms with van der Waals surface area (Å²) in [5.41, 5.74) is 0.608. The minimum atomic E-state index is -4.30. The summed E-state index contributed by atoms with van der Waals surface area (Å²) in [5, 5.41) is 2.74. The fourth-order valence-corrected chi connectivity index (χ4v) is 5.19. The summed E-state index contributed by atoms with van der Waals surface area (Å²) >= 11 is 0. The molecule has 3 aromatic rings. The van der Waals surface area contributed by atoms with Crippen LogP contribution in [-0.2, 0) is 26.2 Å². The SMILES string of the molecule is CCCNC(=O)[C@@H](C)N(Cc1ccc(F)cc1)C(=O)CN(c1ccc(F)cc1)S(=O)(=O)c1ccc(OC)cc1. The summed E-state index contributed by atoms with van der Waals surface area (Å²) in [7, 11) is -2.86. The van der Waals surface area contributed by atoms with Crippen LogP contribution in [0.1, 0.15) is 25.8 Å². The standard InChI is InChI=1S/C28H31F2N3O5S/c1-4-17-31-28(35)20(2)32(18-21-5-7-22(29)8-6-21)27(34)19-33(24-11-9-23(30)10-12-24)39(36,37)26-15-13-25(38-3)14-16-26/h5-16,20H,4,17-19H2,1-3H3,(H,31,35)/t20-/m1/s1. The number of rotatable bonds is 12. The number of sulfonamides is 1. The predicted octanol–water partition coefficient (Wildman–Crippen LogP) is 4.11. The van der Waals surface area contributed by atoms with Crippen LogP contribution in [0.3, 0.4) is 0 Å². The van der Waals surface area contributed by atoms with Crippen LogP contribution in [0, 0.1) is 11.6 Å². The first-order valence-corrected chi connectivity index (χ1v) is 13.7. The highest BCUT2D eigenvalue weighted by atomic mass is 32.2. The van der Waals surface area contributed by atoms with E-state index in [2.05, 4.69) is 5.32 Å². The van der Waals surface area contributed by atoms with Gasteiger partial charge in [-0.2, -0.15) is 0 Å². The summed E-state index contributed by atoms with van der Waals surface area (Å²) in [4.78, 5) is 27.7. The molecule has 0 saturated carbocycles. The zero-order valence-corrected chi connectivity index (χ0v) is 22.8. The molecule has 0 radical (unpaired) electrons. The van der Waals surface area contributed by atoms with Gasteiger partial charge in [-0.3, -0.25) is 13.9 Å². The Morgan fingerprint density at radius 1 is 0.923 bits per heavy atom. The minimum Gasteiger partial charge on any atom is -0.497 e. The maximum Gasteiger partial charge on any atom is 0.264 e. The van der Waals surface area contributed by atoms with Crippen LogP contribution in [0.4, 0.5) is 14.5 Å². The maximum atomic E-state index is 13.7. The van der Waals surface area contributed by atoms with E-state index in [9.17, 15) is 26.8 Å². The Hall–Kier alpha value is -3.99. The van der Waals surface area contributed by atoms with Gasteiger partial charge in [-0.25, -0.2) is 17.2 Å². The second-order valence-electron chi connectivity index (χ2n) is 8.78. The molecule has 0 unspecified atom stereocenters. The van der Waals surface area contributed by atoms with E-state index in [-0.39, 0.29) is 17.1 Å². The van der Waals surface area contributed by atoms with Crippen LogP contribution in [0.2, 0.25) is 0 Å². The van der Waals surface area contributed by atoms with Crippen molar-refractivity contribution in [2.24, 2.45) is 0 Å². The number of methoxy groups -OCH3 is 1. The zero-order chi connectivity index (χ0) is 28.6. The molecule has 11 heteroatoms. The molecule has 0 aliphatic heterocycles. The Labute approximate surface area is 227 Å². The molecule has 3 rings (SSSR count). The van der Waals surface area contributed by atoms with Gasteiger partial charge in [-0.1, -0.05) is 19.1 Å². The Morgan fingerprint density at radius 2 is 1.49 bits per heavy atom. The van der Waals surface area contributed by atoms with Gasteiger partial charge in [-0.15, -0.1) is 0 Å². The van der Waals surface area contributed by atoms with Gasteiger partial charge in [0.05, 0.1) is 17.7 Å². The molecule has 39 heavy (non-hydrogen) atoms. The first kappa shape index (κ1) is 29.6. The number of benzene rings is 3. The molecule has 0 heterocycles. The molecule has 1 N–H and O–H groups in total. The second-order valence-corrected chi connectivity index (χ2v) is 10.6. The molecule has 0 spiro atoms. The van der Waals surface area contributed by atoms with Gasteiger partial charge in [0.15, 0.2) is 0 Å². The molecular formula is C28H31F2N3O5S. The van der Waals surface area contributed by atoms with E-state index in [1.807, 2.05) is 6.92 Å². The highest BCUT2D eigenvalue weighted by Crippen LogP contribution is 2.26. The Bertz CT molecular complexity index is 1370. The van der Waals surface area contributed by atoms with Gasteiger partial charge in [-0.05, 0) is 79.6 Å². The first-order valence-electron chi connectivity index (χ1n) is 12.3. The van der Waals surface area contributed by atoms with Crippen LogP contribution < -0.4 is 14.4 Å². The number of amides is 2. The highest BCUT2D eigenvalue weighted by Gasteiger charge is 2.32. The monoisotopic (exact) mass is 559 g/mol. The Balaban J connectivity index is 2.00. The number of halogens is 2. The van der Waals surface area contributed by atoms with E-state index in [1.54, 1.807) is 0 Å². The number of carbonyl (C=O) groups excluding carboxylic acids is 2. The third-order valence-electron chi connectivity index (χ3n) is 6.02. The summed E-state index contributed by atoms with van der Waals surface area (Å²) in [6.07, 6.45) is 0.683. The van der Waals surface area contributed by atoms with Crippen molar-refractivity contribution in [2.45, 2.75) is 37.8 Å². The summed E-state index contributed by atoms with van der Waals surface area (Å²) in [6.45, 7) is 3.07. The van der Waals surface area contributed by atoms with Crippen molar-refractivity contribution < 1.29 is 31.5 Å². The Morgan fingerprint density at radius 3 is 2.03 bits per heavy atom. The molecule has 0 aromatic heterocycles. The van der Waals surface area contributed by atoms with E-state index >= 15 is 0 Å². The van der Waals surface area contributed by atoms with Gasteiger partial charge in [0, 0.05) is 13.1 Å². The number of hydrogen-bond acceptors (Lipinski definition) is 5. The highest BCUT2D eigenvalue weighted by molar-refractivity contribution is 7.92. The third kappa shape index (κ3) is 7.53. The largest absolute Gasteiger partial charge is 0.497 e. The van der Waals surface area contributed by atoms with Crippen LogP contribution in [0.25, 0.3) is 0 Å². The van der Waals surface area contributed by atoms with E-state index in [0.29, 0.717) is 24.3 Å². The van der Waals surface area contributed by atoms with Crippen LogP contribution in [0.5, 0.6) is 5.75 Å². The Kier molecular flexibility index (Phi) is 10.00. The summed E-state index contributed by atoms with van der Waals surface area (Å²) in [6, 6.07) is 14.8. The number of nitrogens with zero attached hydrogens (tertiary/aromatic N) is 2. The number of carbonyl (C=O) groups is 2. The third-order valence-corrected chi connectivity index (χ3v) is 7.81. The number of nitrogens with one attached hydrogen (secondary N) is 1. The molecule has 0 aliphatic rings. The topological polar surface area (TPSA) is 96.0 Å². The van der Waals surface area contributed by atoms with E-state index < -0.39 is 46.1 Å². The van der Waals surface area contributed by atoms with E-state index in [4.69, 9.17) is 4.74 Å². The quantitative estimate of drug-likeness (QED) is 0.360. The van der Waals surface area contributed by atoms with Crippen molar-refractivity contribution in [1.82, 2.24) is 10.2 Å². The number of hydrogen-bond donors (Lipinski definition) is 1. The summed E-state index contributed by atoms with van der Waals surface area (Å²) < 4.78 is 60.6. The molecule has 3 aromatic carbocycles. The molecule has 208 valence electrons. The molecule has 1 atom stereocenters. The van der Waals surface area contributed by atoms with Crippen LogP contribution in [0.15, 0.2) is 77.7 Å². The molecule has 2 amide bonds. The number of anilines is 1. The lowest BCUT2D eigenvalue weighted by Crippen LogP contribution is -2.51. The molecule has 0 bridgehead atoms. The van der Waals surface area contributed by atoms with E-state index in [0.717, 1.165) is 16.4 Å². The van der Waals surface area contributed by atoms with Crippen molar-refractivity contribution >= 4 is 27.5 Å². The molecular weight excluding hydrogens is 528 g/mol. The van der Waals surface area contributed by atoms with Crippen molar-refractivity contribution in [2.75, 3.05) is 24.5 Å². The second kappa shape index (κ2) is 13.2. The minimum absolute atomic E-state index is 0.0605. The lowest BCUT2D eigenvalue weighted by molar-refractivity contribution is -0.139. The smallest absolute Gasteiger partial charge is 0.264 e. The molecule has 0 saturated heterocycles. The van der Waals surface area contributed by atoms with Crippen LogP contribution in [-0.4, -0.2) is 51.4 Å². The lowest BCUT2D eigenvalue weighted by Gasteiger charge is -2.32. The first-order chi connectivity index (χ1) is 18.6. The van der Waals surface area contributed by atoms with Crippen molar-refractivity contribution in [3.8, 4) is 5.75 Å². The molecule has 0 aliphatic carbocycles. The average Bonchev–Trinajstić information content (AvgIpc) is 2.94. The fraction of sp³-hybridized carbons (Fsp3) is 0.286. The normalized spacial score (nSPS) is 11.9. The van der Waals surface area contributed by atoms with Crippen molar-refractivity contribution in [1.29, 1.82) is 0 Å². The fourth-order valence-electron chi connectivity index (χ4n) is 3.78. The van der Waals surface area contributed by atoms with Gasteiger partial charge < -0.3 is 15.0 Å². The van der Waals surface area contributed by atoms with Crippen molar-refractivity contribution in [3.05, 3.63) is 90.0 Å². The van der Waals surface area contributed by atoms with Gasteiger partial charge >= 0.3 is 0 Å². The molecule has 0 fully saturated rings. The van der Waals surface area contributed by atoms with Gasteiger partial charge in [0.2, 0.25) is 11.8 Å². The van der Waals surface area contributed by atoms with Crippen molar-refractivity contribution in [3.63, 3.8) is 0 Å². The summed E-state index contributed by atoms with van der Waals surface area (Å²) in [5.74, 6) is -1.70. The maximum absolute atomic E-state index is 13.7.